The summed E-state index contributed by atoms with van der Waals surface area (Å²) in [5.74, 6) is 0.133. The predicted octanol–water partition coefficient (Wildman–Crippen LogP) is 6.83. The van der Waals surface area contributed by atoms with Crippen molar-refractivity contribution in [3.8, 4) is 17.4 Å². The molecule has 212 valence electrons. The number of piperidine rings is 1. The highest BCUT2D eigenvalue weighted by Crippen LogP contribution is 2.25. The van der Waals surface area contributed by atoms with Crippen LogP contribution in [0.15, 0.2) is 95.5 Å². The smallest absolute Gasteiger partial charge is 0.291 e. The van der Waals surface area contributed by atoms with Crippen LogP contribution >= 0.6 is 0 Å². The zero-order valence-corrected chi connectivity index (χ0v) is 22.3. The largest absolute Gasteiger partial charge is 0.490 e. The summed E-state index contributed by atoms with van der Waals surface area (Å²) in [5.41, 5.74) is 1.40. The lowest BCUT2D eigenvalue weighted by atomic mass is 10.1. The van der Waals surface area contributed by atoms with Gasteiger partial charge in [0.05, 0.1) is 11.9 Å². The third-order valence-electron chi connectivity index (χ3n) is 6.86. The number of ether oxygens (including phenoxy) is 2. The molecular weight excluding hydrogens is 544 g/mol. The van der Waals surface area contributed by atoms with Crippen LogP contribution in [-0.2, 0) is 0 Å². The average Bonchev–Trinajstić information content (AvgIpc) is 3.44. The lowest BCUT2D eigenvalue weighted by Gasteiger charge is -2.32. The molecule has 3 heterocycles. The van der Waals surface area contributed by atoms with Crippen LogP contribution < -0.4 is 14.8 Å². The summed E-state index contributed by atoms with van der Waals surface area (Å²) in [5, 5.41) is 3.35. The van der Waals surface area contributed by atoms with E-state index in [1.165, 1.54) is 42.6 Å². The number of benzene rings is 3. The molecule has 0 aliphatic carbocycles. The number of nitrogens with zero attached hydrogens (tertiary/aromatic N) is 2. The summed E-state index contributed by atoms with van der Waals surface area (Å²) in [4.78, 5) is 32.0. The number of halogens is 2. The molecule has 8 nitrogen and oxygen atoms in total. The first-order valence-corrected chi connectivity index (χ1v) is 13.4. The summed E-state index contributed by atoms with van der Waals surface area (Å²) in [7, 11) is 0. The molecule has 1 saturated heterocycles. The van der Waals surface area contributed by atoms with Crippen molar-refractivity contribution in [3.63, 3.8) is 0 Å². The fourth-order valence-electron chi connectivity index (χ4n) is 4.68. The van der Waals surface area contributed by atoms with E-state index < -0.39 is 5.91 Å². The van der Waals surface area contributed by atoms with E-state index in [9.17, 15) is 18.4 Å². The van der Waals surface area contributed by atoms with Crippen LogP contribution in [0.1, 0.15) is 33.8 Å². The number of nitrogens with one attached hydrogen (secondary N) is 1. The van der Waals surface area contributed by atoms with Crippen molar-refractivity contribution < 1.29 is 32.3 Å². The maximum atomic E-state index is 13.2. The fraction of sp³-hybridized carbons (Fsp3) is 0.156. The van der Waals surface area contributed by atoms with E-state index in [0.717, 1.165) is 0 Å². The van der Waals surface area contributed by atoms with Gasteiger partial charge < -0.3 is 24.1 Å². The van der Waals surface area contributed by atoms with Gasteiger partial charge >= 0.3 is 0 Å². The van der Waals surface area contributed by atoms with Gasteiger partial charge in [-0.25, -0.2) is 13.8 Å². The van der Waals surface area contributed by atoms with Gasteiger partial charge in [-0.1, -0.05) is 0 Å². The van der Waals surface area contributed by atoms with Gasteiger partial charge in [-0.15, -0.1) is 0 Å². The Morgan fingerprint density at radius 2 is 1.55 bits per heavy atom. The number of furan rings is 1. The summed E-state index contributed by atoms with van der Waals surface area (Å²) >= 11 is 0. The van der Waals surface area contributed by atoms with Crippen molar-refractivity contribution in [3.05, 3.63) is 114 Å². The molecular formula is C32H25F2N3O5. The molecule has 0 radical (unpaired) electrons. The van der Waals surface area contributed by atoms with Crippen LogP contribution in [0, 0.1) is 11.6 Å². The molecule has 10 heteroatoms. The highest BCUT2D eigenvalue weighted by Gasteiger charge is 2.25. The van der Waals surface area contributed by atoms with E-state index in [0.29, 0.717) is 59.7 Å². The SMILES string of the molecule is O=C(Nc1ccc(Oc2ccc(F)cc2)nc1)c1cc2cc(C(=O)N3CCC(Oc4ccc(F)cc4)CC3)ccc2o1. The van der Waals surface area contributed by atoms with Crippen molar-refractivity contribution in [2.24, 2.45) is 0 Å². The van der Waals surface area contributed by atoms with Gasteiger partial charge in [0.1, 0.15) is 34.8 Å². The normalized spacial score (nSPS) is 13.6. The van der Waals surface area contributed by atoms with Crippen LogP contribution in [0.2, 0.25) is 0 Å². The van der Waals surface area contributed by atoms with Gasteiger partial charge in [-0.2, -0.15) is 0 Å². The van der Waals surface area contributed by atoms with Crippen LogP contribution in [0.25, 0.3) is 11.0 Å². The van der Waals surface area contributed by atoms with Gasteiger partial charge in [-0.05, 0) is 78.9 Å². The third kappa shape index (κ3) is 6.22. The van der Waals surface area contributed by atoms with Gasteiger partial charge in [-0.3, -0.25) is 9.59 Å². The summed E-state index contributed by atoms with van der Waals surface area (Å²) in [6.45, 7) is 1.06. The molecule has 1 aliphatic rings. The minimum absolute atomic E-state index is 0.0503. The minimum Gasteiger partial charge on any atom is -0.490 e. The number of pyridine rings is 1. The molecule has 3 aromatic carbocycles. The maximum absolute atomic E-state index is 13.2. The monoisotopic (exact) mass is 569 g/mol. The first-order chi connectivity index (χ1) is 20.4. The number of hydrogen-bond acceptors (Lipinski definition) is 6. The molecule has 1 fully saturated rings. The Morgan fingerprint density at radius 1 is 0.857 bits per heavy atom. The Kier molecular flexibility index (Phi) is 7.50. The van der Waals surface area contributed by atoms with Crippen molar-refractivity contribution in [2.75, 3.05) is 18.4 Å². The Bertz CT molecular complexity index is 1710. The van der Waals surface area contributed by atoms with E-state index >= 15 is 0 Å². The maximum Gasteiger partial charge on any atom is 0.291 e. The second-order valence-corrected chi connectivity index (χ2v) is 9.82. The standard InChI is InChI=1S/C32H25F2N3O5/c33-22-2-7-25(8-3-22)40-27-13-15-37(16-14-27)32(39)20-1-11-28-21(17-20)18-29(42-28)31(38)36-24-6-12-30(35-19-24)41-26-9-4-23(34)5-10-26/h1-12,17-19,27H,13-16H2,(H,36,38). The van der Waals surface area contributed by atoms with Gasteiger partial charge in [0.25, 0.3) is 11.8 Å². The van der Waals surface area contributed by atoms with Crippen molar-refractivity contribution in [1.82, 2.24) is 9.88 Å². The zero-order chi connectivity index (χ0) is 29.1. The topological polar surface area (TPSA) is 93.9 Å². The van der Waals surface area contributed by atoms with Crippen molar-refractivity contribution in [1.29, 1.82) is 0 Å². The Hall–Kier alpha value is -5.25. The van der Waals surface area contributed by atoms with Crippen molar-refractivity contribution >= 4 is 28.5 Å². The lowest BCUT2D eigenvalue weighted by Crippen LogP contribution is -2.41. The van der Waals surface area contributed by atoms with Crippen LogP contribution in [0.3, 0.4) is 0 Å². The molecule has 1 aliphatic heterocycles. The summed E-state index contributed by atoms with van der Waals surface area (Å²) in [6.07, 6.45) is 2.71. The van der Waals surface area contributed by atoms with E-state index in [1.54, 1.807) is 53.4 Å². The molecule has 0 bridgehead atoms. The number of fused-ring (bicyclic) bond motifs is 1. The Morgan fingerprint density at radius 3 is 2.21 bits per heavy atom. The van der Waals surface area contributed by atoms with Crippen LogP contribution in [0.4, 0.5) is 14.5 Å². The first-order valence-electron chi connectivity index (χ1n) is 13.4. The van der Waals surface area contributed by atoms with E-state index in [4.69, 9.17) is 13.9 Å². The van der Waals surface area contributed by atoms with Gasteiger partial charge in [0.2, 0.25) is 5.88 Å². The van der Waals surface area contributed by atoms with E-state index in [-0.39, 0.29) is 35.3 Å². The number of hydrogen-bond donors (Lipinski definition) is 1. The molecule has 2 aromatic heterocycles. The highest BCUT2D eigenvalue weighted by atomic mass is 19.1. The summed E-state index contributed by atoms with van der Waals surface area (Å²) < 4.78 is 43.4. The molecule has 2 amide bonds. The zero-order valence-electron chi connectivity index (χ0n) is 22.3. The number of carbonyl (C=O) groups excluding carboxylic acids is 2. The van der Waals surface area contributed by atoms with Crippen LogP contribution in [0.5, 0.6) is 17.4 Å². The van der Waals surface area contributed by atoms with Crippen LogP contribution in [-0.4, -0.2) is 40.9 Å². The number of rotatable bonds is 7. The van der Waals surface area contributed by atoms with Gasteiger partial charge in [0.15, 0.2) is 5.76 Å². The molecule has 0 atom stereocenters. The highest BCUT2D eigenvalue weighted by molar-refractivity contribution is 6.05. The van der Waals surface area contributed by atoms with Gasteiger partial charge in [0, 0.05) is 42.9 Å². The lowest BCUT2D eigenvalue weighted by molar-refractivity contribution is 0.0595. The predicted molar refractivity (Wildman–Crippen MR) is 151 cm³/mol. The Labute approximate surface area is 239 Å². The number of aromatic nitrogens is 1. The quantitative estimate of drug-likeness (QED) is 0.231. The second kappa shape index (κ2) is 11.7. The first kappa shape index (κ1) is 26.9. The van der Waals surface area contributed by atoms with Crippen molar-refractivity contribution in [2.45, 2.75) is 18.9 Å². The number of carbonyl (C=O) groups is 2. The molecule has 42 heavy (non-hydrogen) atoms. The van der Waals surface area contributed by atoms with E-state index in [2.05, 4.69) is 10.3 Å². The minimum atomic E-state index is -0.476. The Balaban J connectivity index is 1.05. The third-order valence-corrected chi connectivity index (χ3v) is 6.86. The number of likely N-dealkylation sites (tertiary alicyclic amines) is 1. The fourth-order valence-corrected chi connectivity index (χ4v) is 4.68. The molecule has 1 N–H and O–H groups in total. The van der Waals surface area contributed by atoms with E-state index in [1.807, 2.05) is 0 Å². The molecule has 0 saturated carbocycles. The number of amides is 2. The second-order valence-electron chi connectivity index (χ2n) is 9.82. The molecule has 0 unspecified atom stereocenters. The average molecular weight is 570 g/mol. The molecule has 0 spiro atoms. The molecule has 5 aromatic rings. The summed E-state index contributed by atoms with van der Waals surface area (Å²) in [6, 6.07) is 21.3. The number of anilines is 1. The molecule has 6 rings (SSSR count).